The highest BCUT2D eigenvalue weighted by Gasteiger charge is 2.72. The predicted molar refractivity (Wildman–Crippen MR) is 146 cm³/mol. The third kappa shape index (κ3) is 3.32. The van der Waals surface area contributed by atoms with Crippen molar-refractivity contribution in [2.75, 3.05) is 32.3 Å². The van der Waals surface area contributed by atoms with Crippen LogP contribution in [0.1, 0.15) is 35.9 Å². The fourth-order valence-electron chi connectivity index (χ4n) is 7.96. The Bertz CT molecular complexity index is 1410. The van der Waals surface area contributed by atoms with Crippen LogP contribution >= 0.6 is 0 Å². The first-order valence-electron chi connectivity index (χ1n) is 13.7. The third-order valence-corrected chi connectivity index (χ3v) is 9.44. The van der Waals surface area contributed by atoms with Crippen LogP contribution in [0.25, 0.3) is 0 Å². The van der Waals surface area contributed by atoms with Crippen LogP contribution in [0.15, 0.2) is 78.9 Å². The number of rotatable bonds is 5. The number of fused-ring (bicyclic) bond motifs is 5. The molecule has 0 N–H and O–H groups in total. The first kappa shape index (κ1) is 24.2. The topological polar surface area (TPSA) is 68.3 Å². The molecular weight excluding hydrogens is 492 g/mol. The van der Waals surface area contributed by atoms with Crippen molar-refractivity contribution < 1.29 is 23.8 Å². The van der Waals surface area contributed by atoms with Crippen LogP contribution in [0.2, 0.25) is 0 Å². The van der Waals surface area contributed by atoms with Crippen molar-refractivity contribution >= 4 is 17.6 Å². The summed E-state index contributed by atoms with van der Waals surface area (Å²) in [7, 11) is 3.10. The number of nitrogens with zero attached hydrogens (tertiary/aromatic N) is 2. The quantitative estimate of drug-likeness (QED) is 0.360. The number of carbonyl (C=O) groups excluding carboxylic acids is 2. The molecule has 0 aromatic heterocycles. The van der Waals surface area contributed by atoms with Gasteiger partial charge in [0.2, 0.25) is 5.91 Å². The van der Waals surface area contributed by atoms with Crippen LogP contribution < -0.4 is 14.4 Å². The van der Waals surface area contributed by atoms with Gasteiger partial charge in [0, 0.05) is 23.2 Å². The maximum absolute atomic E-state index is 14.1. The van der Waals surface area contributed by atoms with E-state index in [4.69, 9.17) is 14.2 Å². The van der Waals surface area contributed by atoms with E-state index in [-0.39, 0.29) is 48.4 Å². The fraction of sp³-hybridized carbons (Fsp3) is 0.375. The first-order valence-corrected chi connectivity index (χ1v) is 13.7. The lowest BCUT2D eigenvalue weighted by molar-refractivity contribution is -0.164. The molecule has 3 aromatic carbocycles. The van der Waals surface area contributed by atoms with E-state index in [9.17, 15) is 9.59 Å². The molecular formula is C32H32N2O5. The van der Waals surface area contributed by atoms with Gasteiger partial charge >= 0.3 is 5.97 Å². The summed E-state index contributed by atoms with van der Waals surface area (Å²) in [5.74, 6) is 0.788. The van der Waals surface area contributed by atoms with E-state index >= 15 is 0 Å². The first-order chi connectivity index (χ1) is 19.1. The molecule has 4 aliphatic rings. The highest BCUT2D eigenvalue weighted by molar-refractivity contribution is 6.07. The number of carbonyl (C=O) groups is 2. The zero-order valence-electron chi connectivity index (χ0n) is 22.2. The summed E-state index contributed by atoms with van der Waals surface area (Å²) in [4.78, 5) is 32.5. The molecule has 7 rings (SSSR count). The molecule has 0 spiro atoms. The zero-order valence-corrected chi connectivity index (χ0v) is 22.2. The standard InChI is InChI=1S/C32H32N2O5/c1-37-22-16-14-21(15-17-22)34-28(26(30(34)35)20-9-4-3-5-10-20)27-24-12-8-18-33(24)29-23-11-6-7-13-25(23)39-19-32(27,29)31(36)38-2/h3-7,9-11,13-17,24,26-29H,8,12,18-19H2,1-2H3/t24?,26-,27-,28+,29-,32+/m0/s1. The molecule has 0 saturated carbocycles. The minimum Gasteiger partial charge on any atom is -0.497 e. The third-order valence-electron chi connectivity index (χ3n) is 9.44. The summed E-state index contributed by atoms with van der Waals surface area (Å²) in [6.45, 7) is 1.12. The summed E-state index contributed by atoms with van der Waals surface area (Å²) in [5, 5.41) is 0. The van der Waals surface area contributed by atoms with Crippen molar-refractivity contribution in [2.45, 2.75) is 36.9 Å². The van der Waals surface area contributed by atoms with Gasteiger partial charge in [-0.3, -0.25) is 14.5 Å². The molecule has 200 valence electrons. The van der Waals surface area contributed by atoms with E-state index in [1.807, 2.05) is 77.7 Å². The smallest absolute Gasteiger partial charge is 0.317 e. The summed E-state index contributed by atoms with van der Waals surface area (Å²) in [6, 6.07) is 25.4. The van der Waals surface area contributed by atoms with Gasteiger partial charge in [-0.05, 0) is 55.3 Å². The molecule has 39 heavy (non-hydrogen) atoms. The summed E-state index contributed by atoms with van der Waals surface area (Å²) in [6.07, 6.45) is 2.02. The van der Waals surface area contributed by atoms with Crippen LogP contribution in [0.3, 0.4) is 0 Å². The van der Waals surface area contributed by atoms with E-state index in [1.165, 1.54) is 7.11 Å². The molecule has 4 heterocycles. The summed E-state index contributed by atoms with van der Waals surface area (Å²) >= 11 is 0. The van der Waals surface area contributed by atoms with E-state index in [2.05, 4.69) is 11.0 Å². The normalized spacial score (nSPS) is 31.0. The monoisotopic (exact) mass is 524 g/mol. The van der Waals surface area contributed by atoms with Gasteiger partial charge in [0.05, 0.1) is 32.2 Å². The van der Waals surface area contributed by atoms with Gasteiger partial charge in [-0.15, -0.1) is 0 Å². The Morgan fingerprint density at radius 2 is 1.72 bits per heavy atom. The molecule has 6 atom stereocenters. The fourth-order valence-corrected chi connectivity index (χ4v) is 7.96. The second kappa shape index (κ2) is 9.12. The molecule has 7 heteroatoms. The van der Waals surface area contributed by atoms with Gasteiger partial charge in [-0.1, -0.05) is 48.5 Å². The average molecular weight is 525 g/mol. The number of ether oxygens (including phenoxy) is 3. The molecule has 0 bridgehead atoms. The number of anilines is 1. The maximum atomic E-state index is 14.1. The summed E-state index contributed by atoms with van der Waals surface area (Å²) in [5.41, 5.74) is 1.86. The second-order valence-electron chi connectivity index (χ2n) is 11.0. The van der Waals surface area contributed by atoms with E-state index in [0.717, 1.165) is 47.7 Å². The number of amides is 1. The number of β-lactam (4-membered cyclic amide) rings is 1. The number of hydrogen-bond acceptors (Lipinski definition) is 6. The van der Waals surface area contributed by atoms with Gasteiger partial charge in [-0.2, -0.15) is 0 Å². The van der Waals surface area contributed by atoms with Crippen molar-refractivity contribution in [3.05, 3.63) is 90.0 Å². The van der Waals surface area contributed by atoms with E-state index < -0.39 is 5.41 Å². The molecule has 0 aliphatic carbocycles. The van der Waals surface area contributed by atoms with Crippen molar-refractivity contribution in [3.63, 3.8) is 0 Å². The number of hydrogen-bond donors (Lipinski definition) is 0. The maximum Gasteiger partial charge on any atom is 0.317 e. The van der Waals surface area contributed by atoms with Gasteiger partial charge < -0.3 is 19.1 Å². The van der Waals surface area contributed by atoms with Crippen LogP contribution in [-0.2, 0) is 14.3 Å². The molecule has 3 fully saturated rings. The van der Waals surface area contributed by atoms with Crippen molar-refractivity contribution in [2.24, 2.45) is 11.3 Å². The highest BCUT2D eigenvalue weighted by atomic mass is 16.5. The van der Waals surface area contributed by atoms with Gasteiger partial charge in [0.25, 0.3) is 0 Å². The lowest BCUT2D eigenvalue weighted by atomic mass is 9.60. The molecule has 3 aromatic rings. The number of methoxy groups -OCH3 is 2. The molecule has 0 radical (unpaired) electrons. The lowest BCUT2D eigenvalue weighted by Crippen LogP contribution is -2.68. The lowest BCUT2D eigenvalue weighted by Gasteiger charge is -2.55. The average Bonchev–Trinajstić information content (AvgIpc) is 3.56. The van der Waals surface area contributed by atoms with Gasteiger partial charge in [0.1, 0.15) is 23.5 Å². The van der Waals surface area contributed by atoms with Crippen molar-refractivity contribution in [1.82, 2.24) is 4.90 Å². The van der Waals surface area contributed by atoms with Crippen LogP contribution in [0.4, 0.5) is 5.69 Å². The largest absolute Gasteiger partial charge is 0.497 e. The SMILES string of the molecule is COC(=O)[C@@]12COc3ccccc3[C@@H]1N1CCCC1[C@H]2[C@H]1[C@H](c2ccccc2)C(=O)N1c1ccc(OC)cc1. The second-order valence-corrected chi connectivity index (χ2v) is 11.0. The van der Waals surface area contributed by atoms with E-state index in [1.54, 1.807) is 7.11 Å². The van der Waals surface area contributed by atoms with Crippen molar-refractivity contribution in [3.8, 4) is 11.5 Å². The van der Waals surface area contributed by atoms with Crippen LogP contribution in [-0.4, -0.2) is 56.2 Å². The van der Waals surface area contributed by atoms with Gasteiger partial charge in [0.15, 0.2) is 0 Å². The highest BCUT2D eigenvalue weighted by Crippen LogP contribution is 2.64. The Morgan fingerprint density at radius 1 is 0.974 bits per heavy atom. The minimum absolute atomic E-state index is 0.0431. The Labute approximate surface area is 228 Å². The molecule has 3 saturated heterocycles. The Hall–Kier alpha value is -3.84. The van der Waals surface area contributed by atoms with Crippen molar-refractivity contribution in [1.29, 1.82) is 0 Å². The van der Waals surface area contributed by atoms with Gasteiger partial charge in [-0.25, -0.2) is 0 Å². The number of para-hydroxylation sites is 1. The predicted octanol–water partition coefficient (Wildman–Crippen LogP) is 4.58. The van der Waals surface area contributed by atoms with Crippen LogP contribution in [0, 0.1) is 11.3 Å². The zero-order chi connectivity index (χ0) is 26.7. The molecule has 4 aliphatic heterocycles. The molecule has 1 amide bonds. The van der Waals surface area contributed by atoms with Crippen LogP contribution in [0.5, 0.6) is 11.5 Å². The Kier molecular flexibility index (Phi) is 5.67. The Balaban J connectivity index is 1.42. The number of esters is 1. The molecule has 7 nitrogen and oxygen atoms in total. The summed E-state index contributed by atoms with van der Waals surface area (Å²) < 4.78 is 17.3. The number of benzene rings is 3. The minimum atomic E-state index is -0.947. The molecule has 1 unspecified atom stereocenters. The Morgan fingerprint density at radius 3 is 2.46 bits per heavy atom. The van der Waals surface area contributed by atoms with E-state index in [0.29, 0.717) is 0 Å².